The molecule has 0 bridgehead atoms. The van der Waals surface area contributed by atoms with E-state index < -0.39 is 0 Å². The SMILES string of the molecule is CC(Cn1cncn1)N1C(=O)CN(CCc2ccccc2)C1=O. The molecule has 0 radical (unpaired) electrons. The second kappa shape index (κ2) is 6.60. The lowest BCUT2D eigenvalue weighted by atomic mass is 10.1. The quantitative estimate of drug-likeness (QED) is 0.751. The summed E-state index contributed by atoms with van der Waals surface area (Å²) in [5.74, 6) is -0.157. The Morgan fingerprint density at radius 1 is 1.22 bits per heavy atom. The summed E-state index contributed by atoms with van der Waals surface area (Å²) in [6, 6.07) is 9.47. The van der Waals surface area contributed by atoms with Crippen LogP contribution in [0.4, 0.5) is 4.79 Å². The van der Waals surface area contributed by atoms with Crippen LogP contribution in [0.1, 0.15) is 12.5 Å². The third-order valence-electron chi connectivity index (χ3n) is 3.94. The van der Waals surface area contributed by atoms with Crippen molar-refractivity contribution >= 4 is 11.9 Å². The number of imide groups is 1. The van der Waals surface area contributed by atoms with Crippen LogP contribution in [0.5, 0.6) is 0 Å². The first-order valence-electron chi connectivity index (χ1n) is 7.62. The van der Waals surface area contributed by atoms with Gasteiger partial charge >= 0.3 is 6.03 Å². The first kappa shape index (κ1) is 15.2. The van der Waals surface area contributed by atoms with E-state index in [9.17, 15) is 9.59 Å². The molecule has 0 N–H and O–H groups in total. The number of hydrogen-bond acceptors (Lipinski definition) is 4. The van der Waals surface area contributed by atoms with Gasteiger partial charge in [-0.25, -0.2) is 9.78 Å². The number of amides is 3. The molecule has 1 unspecified atom stereocenters. The Labute approximate surface area is 134 Å². The molecule has 2 aromatic rings. The maximum atomic E-state index is 12.5. The maximum Gasteiger partial charge on any atom is 0.327 e. The van der Waals surface area contributed by atoms with Gasteiger partial charge in [0.05, 0.1) is 12.6 Å². The van der Waals surface area contributed by atoms with Gasteiger partial charge in [-0.2, -0.15) is 5.10 Å². The minimum absolute atomic E-state index is 0.146. The molecular weight excluding hydrogens is 294 g/mol. The first-order chi connectivity index (χ1) is 11.1. The van der Waals surface area contributed by atoms with Crippen molar-refractivity contribution in [3.63, 3.8) is 0 Å². The molecule has 1 atom stereocenters. The van der Waals surface area contributed by atoms with Gasteiger partial charge in [-0.15, -0.1) is 0 Å². The second-order valence-corrected chi connectivity index (χ2v) is 5.67. The minimum Gasteiger partial charge on any atom is -0.315 e. The van der Waals surface area contributed by atoms with E-state index in [1.807, 2.05) is 37.3 Å². The number of urea groups is 1. The lowest BCUT2D eigenvalue weighted by Crippen LogP contribution is -2.42. The van der Waals surface area contributed by atoms with Gasteiger partial charge in [0.15, 0.2) is 0 Å². The molecule has 1 saturated heterocycles. The van der Waals surface area contributed by atoms with Gasteiger partial charge in [0, 0.05) is 6.54 Å². The third kappa shape index (κ3) is 3.39. The highest BCUT2D eigenvalue weighted by molar-refractivity contribution is 6.02. The van der Waals surface area contributed by atoms with Crippen molar-refractivity contribution in [2.24, 2.45) is 0 Å². The third-order valence-corrected chi connectivity index (χ3v) is 3.94. The second-order valence-electron chi connectivity index (χ2n) is 5.67. The maximum absolute atomic E-state index is 12.5. The Hall–Kier alpha value is -2.70. The van der Waals surface area contributed by atoms with E-state index in [1.165, 1.54) is 11.2 Å². The number of benzene rings is 1. The van der Waals surface area contributed by atoms with Gasteiger partial charge in [0.25, 0.3) is 5.91 Å². The molecule has 3 amide bonds. The molecule has 1 aromatic heterocycles. The summed E-state index contributed by atoms with van der Waals surface area (Å²) in [6.07, 6.45) is 3.76. The van der Waals surface area contributed by atoms with Gasteiger partial charge in [0.2, 0.25) is 0 Å². The topological polar surface area (TPSA) is 71.3 Å². The van der Waals surface area contributed by atoms with E-state index in [0.29, 0.717) is 13.1 Å². The van der Waals surface area contributed by atoms with Crippen molar-refractivity contribution in [2.75, 3.05) is 13.1 Å². The fraction of sp³-hybridized carbons (Fsp3) is 0.375. The average Bonchev–Trinajstić information content (AvgIpc) is 3.14. The average molecular weight is 313 g/mol. The van der Waals surface area contributed by atoms with Crippen LogP contribution in [0.15, 0.2) is 43.0 Å². The van der Waals surface area contributed by atoms with E-state index in [4.69, 9.17) is 0 Å². The Morgan fingerprint density at radius 2 is 2.00 bits per heavy atom. The molecule has 2 heterocycles. The lowest BCUT2D eigenvalue weighted by molar-refractivity contribution is -0.126. The number of rotatable bonds is 6. The van der Waals surface area contributed by atoms with Crippen LogP contribution < -0.4 is 0 Å². The largest absolute Gasteiger partial charge is 0.327 e. The van der Waals surface area contributed by atoms with E-state index >= 15 is 0 Å². The Morgan fingerprint density at radius 3 is 2.70 bits per heavy atom. The molecule has 7 nitrogen and oxygen atoms in total. The summed E-state index contributed by atoms with van der Waals surface area (Å²) in [4.78, 5) is 31.5. The minimum atomic E-state index is -0.251. The summed E-state index contributed by atoms with van der Waals surface area (Å²) in [5, 5.41) is 4.02. The zero-order valence-corrected chi connectivity index (χ0v) is 13.0. The summed E-state index contributed by atoms with van der Waals surface area (Å²) >= 11 is 0. The standard InChI is InChI=1S/C16H19N5O2/c1-13(9-20-12-17-11-18-20)21-15(22)10-19(16(21)23)8-7-14-5-3-2-4-6-14/h2-6,11-13H,7-10H2,1H3. The number of aromatic nitrogens is 3. The Balaban J connectivity index is 1.60. The fourth-order valence-corrected chi connectivity index (χ4v) is 2.76. The van der Waals surface area contributed by atoms with Crippen LogP contribution >= 0.6 is 0 Å². The molecular formula is C16H19N5O2. The number of carbonyl (C=O) groups is 2. The molecule has 0 aliphatic carbocycles. The molecule has 0 spiro atoms. The highest BCUT2D eigenvalue weighted by Gasteiger charge is 2.38. The van der Waals surface area contributed by atoms with Gasteiger partial charge in [0.1, 0.15) is 19.2 Å². The predicted octanol–water partition coefficient (Wildman–Crippen LogP) is 1.17. The van der Waals surface area contributed by atoms with Crippen molar-refractivity contribution in [1.82, 2.24) is 24.6 Å². The zero-order chi connectivity index (χ0) is 16.2. The Bertz CT molecular complexity index is 671. The van der Waals surface area contributed by atoms with Crippen LogP contribution in [-0.2, 0) is 17.8 Å². The van der Waals surface area contributed by atoms with Crippen molar-refractivity contribution in [1.29, 1.82) is 0 Å². The van der Waals surface area contributed by atoms with Crippen molar-refractivity contribution < 1.29 is 9.59 Å². The van der Waals surface area contributed by atoms with Crippen molar-refractivity contribution in [2.45, 2.75) is 25.9 Å². The molecule has 1 aliphatic rings. The van der Waals surface area contributed by atoms with Gasteiger partial charge in [-0.05, 0) is 18.9 Å². The summed E-state index contributed by atoms with van der Waals surface area (Å²) < 4.78 is 1.62. The van der Waals surface area contributed by atoms with Crippen LogP contribution in [0, 0.1) is 0 Å². The summed E-state index contributed by atoms with van der Waals surface area (Å²) in [7, 11) is 0. The number of hydrogen-bond donors (Lipinski definition) is 0. The van der Waals surface area contributed by atoms with E-state index in [-0.39, 0.29) is 24.5 Å². The fourth-order valence-electron chi connectivity index (χ4n) is 2.76. The first-order valence-corrected chi connectivity index (χ1v) is 7.62. The number of nitrogens with zero attached hydrogens (tertiary/aromatic N) is 5. The van der Waals surface area contributed by atoms with Crippen molar-refractivity contribution in [3.8, 4) is 0 Å². The summed E-state index contributed by atoms with van der Waals surface area (Å²) in [5.41, 5.74) is 1.15. The Kier molecular flexibility index (Phi) is 4.36. The van der Waals surface area contributed by atoms with Gasteiger partial charge in [-0.1, -0.05) is 30.3 Å². The molecule has 1 fully saturated rings. The summed E-state index contributed by atoms with van der Waals surface area (Å²) in [6.45, 7) is 2.98. The molecule has 0 saturated carbocycles. The van der Waals surface area contributed by atoms with E-state index in [2.05, 4.69) is 10.1 Å². The zero-order valence-electron chi connectivity index (χ0n) is 13.0. The van der Waals surface area contributed by atoms with E-state index in [1.54, 1.807) is 15.9 Å². The van der Waals surface area contributed by atoms with Gasteiger partial charge < -0.3 is 4.90 Å². The molecule has 3 rings (SSSR count). The van der Waals surface area contributed by atoms with Gasteiger partial charge in [-0.3, -0.25) is 14.4 Å². The predicted molar refractivity (Wildman–Crippen MR) is 83.4 cm³/mol. The monoisotopic (exact) mass is 313 g/mol. The van der Waals surface area contributed by atoms with Crippen LogP contribution in [-0.4, -0.2) is 55.6 Å². The number of carbonyl (C=O) groups excluding carboxylic acids is 2. The van der Waals surface area contributed by atoms with E-state index in [0.717, 1.165) is 12.0 Å². The highest BCUT2D eigenvalue weighted by atomic mass is 16.2. The molecule has 1 aliphatic heterocycles. The lowest BCUT2D eigenvalue weighted by Gasteiger charge is -2.23. The molecule has 23 heavy (non-hydrogen) atoms. The van der Waals surface area contributed by atoms with Crippen LogP contribution in [0.25, 0.3) is 0 Å². The molecule has 1 aromatic carbocycles. The molecule has 7 heteroatoms. The smallest absolute Gasteiger partial charge is 0.315 e. The normalized spacial score (nSPS) is 16.2. The van der Waals surface area contributed by atoms with Crippen LogP contribution in [0.3, 0.4) is 0 Å². The van der Waals surface area contributed by atoms with Crippen molar-refractivity contribution in [3.05, 3.63) is 48.5 Å². The van der Waals surface area contributed by atoms with Crippen LogP contribution in [0.2, 0.25) is 0 Å². The molecule has 120 valence electrons. The highest BCUT2D eigenvalue weighted by Crippen LogP contribution is 2.16.